The zero-order chi connectivity index (χ0) is 12.1. The van der Waals surface area contributed by atoms with Gasteiger partial charge in [-0.05, 0) is 13.8 Å². The molecule has 0 amide bonds. The third kappa shape index (κ3) is 5.11. The van der Waals surface area contributed by atoms with Gasteiger partial charge in [-0.1, -0.05) is 6.58 Å². The Hall–Kier alpha value is -0.653. The first kappa shape index (κ1) is 14.3. The average molecular weight is 232 g/mol. The van der Waals surface area contributed by atoms with Crippen LogP contribution in [-0.4, -0.2) is 41.9 Å². The molecular formula is C10H20O4Si. The van der Waals surface area contributed by atoms with Crippen LogP contribution < -0.4 is 0 Å². The van der Waals surface area contributed by atoms with E-state index in [4.69, 9.17) is 14.2 Å². The molecule has 0 aromatic heterocycles. The second kappa shape index (κ2) is 6.04. The minimum Gasteiger partial charge on any atom is -0.459 e. The SMILES string of the molecule is C=C(C)C(=O)OC(C)CC([SiH3])(OC)OC. The van der Waals surface area contributed by atoms with E-state index < -0.39 is 5.41 Å². The maximum absolute atomic E-state index is 11.2. The van der Waals surface area contributed by atoms with Crippen LogP contribution in [0.4, 0.5) is 0 Å². The van der Waals surface area contributed by atoms with Crippen LogP contribution in [0.2, 0.25) is 0 Å². The maximum atomic E-state index is 11.2. The van der Waals surface area contributed by atoms with Gasteiger partial charge in [0.1, 0.15) is 11.5 Å². The van der Waals surface area contributed by atoms with Crippen molar-refractivity contribution in [1.82, 2.24) is 0 Å². The summed E-state index contributed by atoms with van der Waals surface area (Å²) in [5.41, 5.74) is -0.190. The largest absolute Gasteiger partial charge is 0.459 e. The first-order chi connectivity index (χ1) is 6.84. The second-order valence-corrected chi connectivity index (χ2v) is 5.27. The van der Waals surface area contributed by atoms with Gasteiger partial charge in [0.2, 0.25) is 0 Å². The summed E-state index contributed by atoms with van der Waals surface area (Å²) in [6, 6.07) is 0. The Balaban J connectivity index is 4.19. The highest BCUT2D eigenvalue weighted by molar-refractivity contribution is 6.13. The van der Waals surface area contributed by atoms with Gasteiger partial charge in [-0.2, -0.15) is 0 Å². The quantitative estimate of drug-likeness (QED) is 0.284. The molecule has 15 heavy (non-hydrogen) atoms. The van der Waals surface area contributed by atoms with Crippen molar-refractivity contribution in [3.8, 4) is 0 Å². The lowest BCUT2D eigenvalue weighted by Crippen LogP contribution is -2.38. The number of esters is 1. The Bertz CT molecular complexity index is 236. The van der Waals surface area contributed by atoms with E-state index in [2.05, 4.69) is 6.58 Å². The molecule has 0 saturated heterocycles. The number of rotatable bonds is 6. The van der Waals surface area contributed by atoms with Crippen molar-refractivity contribution in [3.63, 3.8) is 0 Å². The van der Waals surface area contributed by atoms with Gasteiger partial charge < -0.3 is 14.2 Å². The van der Waals surface area contributed by atoms with Crippen LogP contribution in [0.5, 0.6) is 0 Å². The number of methoxy groups -OCH3 is 2. The lowest BCUT2D eigenvalue weighted by Gasteiger charge is -2.29. The number of carbonyl (C=O) groups excluding carboxylic acids is 1. The zero-order valence-corrected chi connectivity index (χ0v) is 12.1. The van der Waals surface area contributed by atoms with Gasteiger partial charge in [-0.15, -0.1) is 0 Å². The average Bonchev–Trinajstić information content (AvgIpc) is 2.17. The van der Waals surface area contributed by atoms with Crippen molar-refractivity contribution in [2.45, 2.75) is 31.8 Å². The molecule has 0 radical (unpaired) electrons. The van der Waals surface area contributed by atoms with E-state index in [1.165, 1.54) is 0 Å². The minimum absolute atomic E-state index is 0.244. The van der Waals surface area contributed by atoms with Crippen molar-refractivity contribution >= 4 is 16.2 Å². The number of hydrogen-bond acceptors (Lipinski definition) is 4. The van der Waals surface area contributed by atoms with Crippen LogP contribution in [0.3, 0.4) is 0 Å². The summed E-state index contributed by atoms with van der Waals surface area (Å²) < 4.78 is 15.6. The highest BCUT2D eigenvalue weighted by Gasteiger charge is 2.27. The van der Waals surface area contributed by atoms with Crippen molar-refractivity contribution < 1.29 is 19.0 Å². The lowest BCUT2D eigenvalue weighted by molar-refractivity contribution is -0.170. The molecule has 0 bridgehead atoms. The van der Waals surface area contributed by atoms with Gasteiger partial charge in [0, 0.05) is 26.2 Å². The molecule has 0 aliphatic rings. The number of ether oxygens (including phenoxy) is 3. The number of carbonyl (C=O) groups is 1. The van der Waals surface area contributed by atoms with Crippen LogP contribution in [0, 0.1) is 0 Å². The standard InChI is InChI=1S/C10H20O4Si/c1-7(2)9(11)14-8(3)6-10(15,12-4)13-5/h8H,1,6H2,2-5,15H3. The topological polar surface area (TPSA) is 44.8 Å². The molecule has 4 nitrogen and oxygen atoms in total. The van der Waals surface area contributed by atoms with Crippen molar-refractivity contribution in [2.75, 3.05) is 14.2 Å². The fraction of sp³-hybridized carbons (Fsp3) is 0.700. The van der Waals surface area contributed by atoms with Gasteiger partial charge in [-0.25, -0.2) is 4.79 Å². The molecule has 0 aromatic carbocycles. The van der Waals surface area contributed by atoms with Gasteiger partial charge in [-0.3, -0.25) is 0 Å². The molecule has 1 atom stereocenters. The highest BCUT2D eigenvalue weighted by atomic mass is 28.1. The van der Waals surface area contributed by atoms with Crippen LogP contribution >= 0.6 is 0 Å². The first-order valence-corrected chi connectivity index (χ1v) is 5.81. The summed E-state index contributed by atoms with van der Waals surface area (Å²) in [5.74, 6) is -0.376. The molecule has 0 N–H and O–H groups in total. The molecule has 5 heteroatoms. The summed E-state index contributed by atoms with van der Waals surface area (Å²) in [7, 11) is 3.88. The Morgan fingerprint density at radius 2 is 1.93 bits per heavy atom. The Morgan fingerprint density at radius 1 is 1.47 bits per heavy atom. The van der Waals surface area contributed by atoms with Gasteiger partial charge in [0.15, 0.2) is 0 Å². The fourth-order valence-electron chi connectivity index (χ4n) is 1.10. The summed E-state index contributed by atoms with van der Waals surface area (Å²) >= 11 is 0. The monoisotopic (exact) mass is 232 g/mol. The van der Waals surface area contributed by atoms with Crippen LogP contribution in [0.25, 0.3) is 0 Å². The smallest absolute Gasteiger partial charge is 0.333 e. The van der Waals surface area contributed by atoms with Crippen LogP contribution in [-0.2, 0) is 19.0 Å². The molecular weight excluding hydrogens is 212 g/mol. The minimum atomic E-state index is -0.589. The Morgan fingerprint density at radius 3 is 2.27 bits per heavy atom. The number of hydrogen-bond donors (Lipinski definition) is 0. The molecule has 1 unspecified atom stereocenters. The van der Waals surface area contributed by atoms with Crippen molar-refractivity contribution in [3.05, 3.63) is 12.2 Å². The summed E-state index contributed by atoms with van der Waals surface area (Å²) in [5, 5.41) is 0. The molecule has 0 aliphatic heterocycles. The first-order valence-electron chi connectivity index (χ1n) is 4.81. The van der Waals surface area contributed by atoms with E-state index in [9.17, 15) is 4.79 Å². The van der Waals surface area contributed by atoms with Crippen molar-refractivity contribution in [2.24, 2.45) is 0 Å². The molecule has 0 rings (SSSR count). The molecule has 0 heterocycles. The molecule has 0 fully saturated rings. The zero-order valence-electron chi connectivity index (χ0n) is 10.1. The van der Waals surface area contributed by atoms with Gasteiger partial charge >= 0.3 is 5.97 Å². The molecule has 0 aromatic rings. The van der Waals surface area contributed by atoms with Gasteiger partial charge in [0.25, 0.3) is 0 Å². The predicted octanol–water partition coefficient (Wildman–Crippen LogP) is 0.196. The molecule has 0 spiro atoms. The third-order valence-electron chi connectivity index (χ3n) is 2.18. The summed E-state index contributed by atoms with van der Waals surface area (Å²) in [6.07, 6.45) is 0.289. The predicted molar refractivity (Wildman–Crippen MR) is 61.7 cm³/mol. The summed E-state index contributed by atoms with van der Waals surface area (Å²) in [4.78, 5) is 11.2. The molecule has 88 valence electrons. The summed E-state index contributed by atoms with van der Waals surface area (Å²) in [6.45, 7) is 6.95. The van der Waals surface area contributed by atoms with E-state index in [1.54, 1.807) is 21.1 Å². The van der Waals surface area contributed by atoms with E-state index in [1.807, 2.05) is 6.92 Å². The fourth-order valence-corrected chi connectivity index (χ4v) is 1.67. The highest BCUT2D eigenvalue weighted by Crippen LogP contribution is 2.16. The van der Waals surface area contributed by atoms with Crippen LogP contribution in [0.1, 0.15) is 20.3 Å². The van der Waals surface area contributed by atoms with E-state index in [0.29, 0.717) is 22.2 Å². The second-order valence-electron chi connectivity index (χ2n) is 3.74. The lowest BCUT2D eigenvalue weighted by atomic mass is 10.2. The maximum Gasteiger partial charge on any atom is 0.333 e. The van der Waals surface area contributed by atoms with E-state index >= 15 is 0 Å². The van der Waals surface area contributed by atoms with E-state index in [0.717, 1.165) is 0 Å². The van der Waals surface area contributed by atoms with Crippen molar-refractivity contribution in [1.29, 1.82) is 0 Å². The molecule has 0 saturated carbocycles. The Labute approximate surface area is 94.0 Å². The van der Waals surface area contributed by atoms with E-state index in [-0.39, 0.29) is 12.1 Å². The Kier molecular flexibility index (Phi) is 5.78. The molecule has 0 aliphatic carbocycles. The van der Waals surface area contributed by atoms with Crippen LogP contribution in [0.15, 0.2) is 12.2 Å². The van der Waals surface area contributed by atoms with Gasteiger partial charge in [0.05, 0.1) is 10.2 Å². The normalized spacial score (nSPS) is 13.6. The third-order valence-corrected chi connectivity index (χ3v) is 3.40.